The molecule has 1 aliphatic heterocycles. The quantitative estimate of drug-likeness (QED) is 0.523. The Labute approximate surface area is 64.8 Å². The molecule has 1 fully saturated rings. The van der Waals surface area contributed by atoms with Gasteiger partial charge in [0.15, 0.2) is 6.17 Å². The van der Waals surface area contributed by atoms with Crippen molar-refractivity contribution in [3.8, 4) is 0 Å². The smallest absolute Gasteiger partial charge is 0.154 e. The van der Waals surface area contributed by atoms with E-state index < -0.39 is 30.6 Å². The van der Waals surface area contributed by atoms with Crippen LogP contribution < -0.4 is 0 Å². The summed E-state index contributed by atoms with van der Waals surface area (Å²) in [6, 6.07) is 0. The van der Waals surface area contributed by atoms with Crippen LogP contribution in [0.3, 0.4) is 0 Å². The molecule has 0 aromatic heterocycles. The zero-order valence-corrected chi connectivity index (χ0v) is 6.57. The van der Waals surface area contributed by atoms with Crippen LogP contribution >= 0.6 is 0 Å². The molecule has 2 N–H and O–H groups in total. The summed E-state index contributed by atoms with van der Waals surface area (Å²) in [5.74, 6) is 0. The molecule has 11 heavy (non-hydrogen) atoms. The maximum absolute atomic E-state index is 12.9. The number of ether oxygens (including phenoxy) is 1. The molecule has 0 bridgehead atoms. The molecule has 0 spiro atoms. The maximum Gasteiger partial charge on any atom is 0.154 e. The van der Waals surface area contributed by atoms with E-state index in [1.807, 2.05) is 0 Å². The van der Waals surface area contributed by atoms with Gasteiger partial charge in [0.25, 0.3) is 0 Å². The van der Waals surface area contributed by atoms with Crippen LogP contribution in [-0.2, 0) is 4.74 Å². The third-order valence-electron chi connectivity index (χ3n) is 2.03. The van der Waals surface area contributed by atoms with E-state index in [1.165, 1.54) is 6.92 Å². The van der Waals surface area contributed by atoms with Crippen molar-refractivity contribution in [1.29, 1.82) is 0 Å². The summed E-state index contributed by atoms with van der Waals surface area (Å²) in [5, 5.41) is 18.2. The van der Waals surface area contributed by atoms with Crippen LogP contribution in [-0.4, -0.2) is 40.8 Å². The normalized spacial score (nSPS) is 52.6. The first-order valence-corrected chi connectivity index (χ1v) is 3.69. The molecule has 0 aromatic rings. The van der Waals surface area contributed by atoms with Gasteiger partial charge in [-0.2, -0.15) is 0 Å². The highest BCUT2D eigenvalue weighted by Crippen LogP contribution is 2.22. The van der Waals surface area contributed by atoms with Crippen molar-refractivity contribution in [3.63, 3.8) is 0 Å². The fraction of sp³-hybridized carbons (Fsp3) is 1.00. The topological polar surface area (TPSA) is 49.7 Å². The lowest BCUT2D eigenvalue weighted by Gasteiger charge is -2.36. The summed E-state index contributed by atoms with van der Waals surface area (Å²) >= 11 is 0. The van der Waals surface area contributed by atoms with E-state index in [4.69, 9.17) is 14.9 Å². The molecule has 3 unspecified atom stereocenters. The molecule has 0 aromatic carbocycles. The van der Waals surface area contributed by atoms with Gasteiger partial charge >= 0.3 is 0 Å². The largest absolute Gasteiger partial charge is 0.388 e. The zero-order valence-electron chi connectivity index (χ0n) is 6.57. The molecule has 0 radical (unpaired) electrons. The molecular formula is C7H13FO3. The first kappa shape index (κ1) is 8.90. The van der Waals surface area contributed by atoms with Crippen molar-refractivity contribution in [2.45, 2.75) is 44.4 Å². The minimum absolute atomic E-state index is 0.494. The summed E-state index contributed by atoms with van der Waals surface area (Å²) in [4.78, 5) is 0. The molecule has 3 nitrogen and oxygen atoms in total. The number of aliphatic hydroxyl groups excluding tert-OH is 2. The van der Waals surface area contributed by atoms with Gasteiger partial charge in [-0.1, -0.05) is 0 Å². The van der Waals surface area contributed by atoms with E-state index in [0.717, 1.165) is 0 Å². The molecular weight excluding hydrogens is 151 g/mol. The number of hydrogen-bond donors (Lipinski definition) is 2. The third-order valence-corrected chi connectivity index (χ3v) is 2.03. The minimum Gasteiger partial charge on any atom is -0.388 e. The van der Waals surface area contributed by atoms with Gasteiger partial charge < -0.3 is 14.9 Å². The van der Waals surface area contributed by atoms with Gasteiger partial charge in [-0.3, -0.25) is 0 Å². The van der Waals surface area contributed by atoms with Gasteiger partial charge in [0, 0.05) is 0 Å². The molecule has 66 valence electrons. The second-order valence-electron chi connectivity index (χ2n) is 2.97. The van der Waals surface area contributed by atoms with Gasteiger partial charge in [-0.25, -0.2) is 4.39 Å². The molecule has 0 amide bonds. The van der Waals surface area contributed by atoms with E-state index in [-0.39, 0.29) is 0 Å². The zero-order chi connectivity index (χ0) is 8.59. The lowest BCUT2D eigenvalue weighted by Crippen LogP contribution is -2.53. The summed E-state index contributed by atoms with van der Waals surface area (Å²) < 4.78 is 17.9. The van der Waals surface area contributed by atoms with Crippen molar-refractivity contribution < 1.29 is 19.3 Å². The average Bonchev–Trinajstić information content (AvgIpc) is 1.97. The lowest BCUT2D eigenvalue weighted by molar-refractivity contribution is -0.192. The molecule has 1 saturated heterocycles. The second kappa shape index (κ2) is 3.05. The second-order valence-corrected chi connectivity index (χ2v) is 2.97. The minimum atomic E-state index is -1.48. The van der Waals surface area contributed by atoms with Gasteiger partial charge in [0.1, 0.15) is 12.2 Å². The Hall–Kier alpha value is -0.190. The highest BCUT2D eigenvalue weighted by atomic mass is 19.1. The average molecular weight is 164 g/mol. The Kier molecular flexibility index (Phi) is 2.47. The van der Waals surface area contributed by atoms with E-state index in [1.54, 1.807) is 6.92 Å². The van der Waals surface area contributed by atoms with Crippen LogP contribution in [0.4, 0.5) is 4.39 Å². The number of alkyl halides is 1. The van der Waals surface area contributed by atoms with Crippen LogP contribution in [0.5, 0.6) is 0 Å². The van der Waals surface area contributed by atoms with Crippen molar-refractivity contribution in [2.24, 2.45) is 0 Å². The van der Waals surface area contributed by atoms with E-state index in [2.05, 4.69) is 0 Å². The molecule has 0 saturated carbocycles. The van der Waals surface area contributed by atoms with Crippen molar-refractivity contribution >= 4 is 0 Å². The number of hydrogen-bond acceptors (Lipinski definition) is 3. The summed E-state index contributed by atoms with van der Waals surface area (Å²) in [6.45, 7) is 3.15. The van der Waals surface area contributed by atoms with Crippen LogP contribution in [0.1, 0.15) is 13.8 Å². The van der Waals surface area contributed by atoms with Crippen molar-refractivity contribution in [1.82, 2.24) is 0 Å². The Morgan fingerprint density at radius 2 is 1.64 bits per heavy atom. The van der Waals surface area contributed by atoms with Crippen LogP contribution in [0, 0.1) is 0 Å². The molecule has 1 aliphatic rings. The fourth-order valence-corrected chi connectivity index (χ4v) is 1.24. The Bertz CT molecular complexity index is 128. The molecule has 1 rings (SSSR count). The van der Waals surface area contributed by atoms with E-state index >= 15 is 0 Å². The Balaban J connectivity index is 2.63. The van der Waals surface area contributed by atoms with Crippen molar-refractivity contribution in [3.05, 3.63) is 0 Å². The SMILES string of the molecule is CC1OC(C)[C@@H](O)[C@H](O)C1F. The van der Waals surface area contributed by atoms with Crippen LogP contribution in [0.2, 0.25) is 0 Å². The predicted molar refractivity (Wildman–Crippen MR) is 36.9 cm³/mol. The highest BCUT2D eigenvalue weighted by Gasteiger charge is 2.40. The van der Waals surface area contributed by atoms with E-state index in [0.29, 0.717) is 0 Å². The van der Waals surface area contributed by atoms with Gasteiger partial charge in [0.05, 0.1) is 12.2 Å². The molecule has 0 aliphatic carbocycles. The summed E-state index contributed by atoms with van der Waals surface area (Å²) in [5.41, 5.74) is 0. The van der Waals surface area contributed by atoms with E-state index in [9.17, 15) is 4.39 Å². The lowest BCUT2D eigenvalue weighted by atomic mass is 9.98. The molecule has 1 heterocycles. The van der Waals surface area contributed by atoms with Crippen molar-refractivity contribution in [2.75, 3.05) is 0 Å². The summed E-state index contributed by atoms with van der Waals surface area (Å²) in [7, 11) is 0. The third kappa shape index (κ3) is 1.52. The standard InChI is InChI=1S/C7H13FO3/c1-3-5(8)7(10)6(9)4(2)11-3/h3-7,9-10H,1-2H3/t3?,4?,5?,6-,7-/m1/s1. The van der Waals surface area contributed by atoms with Gasteiger partial charge in [-0.05, 0) is 13.8 Å². The fourth-order valence-electron chi connectivity index (χ4n) is 1.24. The molecule has 5 atom stereocenters. The number of halogens is 1. The summed E-state index contributed by atoms with van der Waals surface area (Å²) in [6.07, 6.45) is -5.04. The molecule has 4 heteroatoms. The number of rotatable bonds is 0. The first-order valence-electron chi connectivity index (χ1n) is 3.69. The maximum atomic E-state index is 12.9. The predicted octanol–water partition coefficient (Wildman–Crippen LogP) is -0.147. The van der Waals surface area contributed by atoms with Crippen LogP contribution in [0.15, 0.2) is 0 Å². The Morgan fingerprint density at radius 3 is 2.18 bits per heavy atom. The monoisotopic (exact) mass is 164 g/mol. The van der Waals surface area contributed by atoms with Gasteiger partial charge in [0.2, 0.25) is 0 Å². The van der Waals surface area contributed by atoms with Gasteiger partial charge in [-0.15, -0.1) is 0 Å². The Morgan fingerprint density at radius 1 is 1.09 bits per heavy atom. The first-order chi connectivity index (χ1) is 5.04. The number of aliphatic hydroxyl groups is 2. The van der Waals surface area contributed by atoms with Crippen LogP contribution in [0.25, 0.3) is 0 Å². The highest BCUT2D eigenvalue weighted by molar-refractivity contribution is 4.88.